The number of fused-ring (bicyclic) bond motifs is 5. The third kappa shape index (κ3) is 2.50. The number of para-hydroxylation sites is 1. The lowest BCUT2D eigenvalue weighted by Gasteiger charge is -2.08. The highest BCUT2D eigenvalue weighted by atomic mass is 16.6. The first-order valence-corrected chi connectivity index (χ1v) is 8.76. The van der Waals surface area contributed by atoms with Crippen LogP contribution < -0.4 is 0 Å². The second-order valence-corrected chi connectivity index (χ2v) is 6.60. The molecule has 0 radical (unpaired) electrons. The Balaban J connectivity index is 1.93. The van der Waals surface area contributed by atoms with Crippen molar-refractivity contribution in [3.8, 4) is 11.3 Å². The zero-order valence-corrected chi connectivity index (χ0v) is 14.9. The van der Waals surface area contributed by atoms with Crippen LogP contribution in [-0.4, -0.2) is 19.2 Å². The van der Waals surface area contributed by atoms with Gasteiger partial charge in [0.15, 0.2) is 0 Å². The number of nitrogens with zero attached hydrogens (tertiary/aromatic N) is 4. The number of nitro groups is 2. The Morgan fingerprint density at radius 2 is 1.55 bits per heavy atom. The third-order valence-corrected chi connectivity index (χ3v) is 4.97. The van der Waals surface area contributed by atoms with Gasteiger partial charge in [0.1, 0.15) is 0 Å². The molecule has 0 aliphatic rings. The molecule has 3 heterocycles. The number of aromatic nitrogens is 2. The number of pyridine rings is 2. The zero-order valence-electron chi connectivity index (χ0n) is 14.9. The van der Waals surface area contributed by atoms with Crippen molar-refractivity contribution in [2.75, 3.05) is 0 Å². The van der Waals surface area contributed by atoms with Crippen LogP contribution in [0.4, 0.5) is 11.4 Å². The lowest BCUT2D eigenvalue weighted by atomic mass is 10.0. The molecular formula is C21H12N4O4. The molecule has 29 heavy (non-hydrogen) atoms. The summed E-state index contributed by atoms with van der Waals surface area (Å²) in [5, 5.41) is 24.5. The molecule has 3 aromatic heterocycles. The minimum absolute atomic E-state index is 0.446. The smallest absolute Gasteiger partial charge is 0.315 e. The highest BCUT2D eigenvalue weighted by Crippen LogP contribution is 2.37. The molecule has 0 saturated heterocycles. The van der Waals surface area contributed by atoms with E-state index in [1.54, 1.807) is 0 Å². The average molecular weight is 384 g/mol. The summed E-state index contributed by atoms with van der Waals surface area (Å²) in [6.45, 7) is 0. The van der Waals surface area contributed by atoms with Crippen LogP contribution in [0.25, 0.3) is 38.6 Å². The van der Waals surface area contributed by atoms with Crippen molar-refractivity contribution in [3.05, 3.63) is 93.2 Å². The standard InChI is InChI=1S/C21H12N4O4/c26-24(27)18-9-8-13(11-19(18)25(28)29)20-21-16(12-14-5-3-4-10-23(14)21)15-6-1-2-7-17(15)22-20/h1-12H. The van der Waals surface area contributed by atoms with E-state index >= 15 is 0 Å². The van der Waals surface area contributed by atoms with Gasteiger partial charge in [0.2, 0.25) is 0 Å². The number of hydrogen-bond donors (Lipinski definition) is 0. The van der Waals surface area contributed by atoms with E-state index in [0.29, 0.717) is 11.3 Å². The van der Waals surface area contributed by atoms with Crippen molar-refractivity contribution in [2.45, 2.75) is 0 Å². The van der Waals surface area contributed by atoms with Crippen LogP contribution in [-0.2, 0) is 0 Å². The van der Waals surface area contributed by atoms with Crippen molar-refractivity contribution in [2.24, 2.45) is 0 Å². The van der Waals surface area contributed by atoms with Gasteiger partial charge in [-0.1, -0.05) is 24.3 Å². The van der Waals surface area contributed by atoms with Crippen molar-refractivity contribution in [3.63, 3.8) is 0 Å². The van der Waals surface area contributed by atoms with Crippen LogP contribution in [0.15, 0.2) is 72.9 Å². The second kappa shape index (κ2) is 6.10. The Morgan fingerprint density at radius 1 is 0.793 bits per heavy atom. The summed E-state index contributed by atoms with van der Waals surface area (Å²) in [7, 11) is 0. The van der Waals surface area contributed by atoms with Crippen LogP contribution in [0.1, 0.15) is 0 Å². The minimum Gasteiger partial charge on any atom is -0.315 e. The fourth-order valence-electron chi connectivity index (χ4n) is 3.72. The van der Waals surface area contributed by atoms with E-state index in [0.717, 1.165) is 33.4 Å². The van der Waals surface area contributed by atoms with Crippen molar-refractivity contribution in [1.82, 2.24) is 9.38 Å². The number of rotatable bonds is 3. The molecule has 0 bridgehead atoms. The van der Waals surface area contributed by atoms with E-state index < -0.39 is 21.2 Å². The van der Waals surface area contributed by atoms with Gasteiger partial charge in [-0.2, -0.15) is 0 Å². The first-order valence-electron chi connectivity index (χ1n) is 8.76. The molecule has 0 N–H and O–H groups in total. The van der Waals surface area contributed by atoms with Gasteiger partial charge in [0, 0.05) is 40.2 Å². The summed E-state index contributed by atoms with van der Waals surface area (Å²) < 4.78 is 1.97. The van der Waals surface area contributed by atoms with Gasteiger partial charge in [-0.3, -0.25) is 20.2 Å². The first kappa shape index (κ1) is 16.8. The summed E-state index contributed by atoms with van der Waals surface area (Å²) in [6.07, 6.45) is 1.90. The van der Waals surface area contributed by atoms with E-state index in [1.165, 1.54) is 12.1 Å². The molecule has 0 saturated carbocycles. The number of nitro benzene ring substituents is 2. The molecule has 0 amide bonds. The summed E-state index contributed by atoms with van der Waals surface area (Å²) in [6, 6.07) is 19.4. The maximum atomic E-state index is 11.4. The van der Waals surface area contributed by atoms with Gasteiger partial charge >= 0.3 is 11.4 Å². The molecular weight excluding hydrogens is 372 g/mol. The molecule has 0 spiro atoms. The first-order chi connectivity index (χ1) is 14.0. The van der Waals surface area contributed by atoms with Crippen LogP contribution in [0.3, 0.4) is 0 Å². The van der Waals surface area contributed by atoms with Crippen molar-refractivity contribution >= 4 is 38.7 Å². The Hall–Kier alpha value is -4.33. The predicted molar refractivity (Wildman–Crippen MR) is 109 cm³/mol. The third-order valence-electron chi connectivity index (χ3n) is 4.97. The largest absolute Gasteiger partial charge is 0.346 e. The highest BCUT2D eigenvalue weighted by Gasteiger charge is 2.26. The van der Waals surface area contributed by atoms with E-state index in [9.17, 15) is 20.2 Å². The van der Waals surface area contributed by atoms with Gasteiger partial charge < -0.3 is 4.40 Å². The summed E-state index contributed by atoms with van der Waals surface area (Å²) >= 11 is 0. The molecule has 5 aromatic rings. The molecule has 0 fully saturated rings. The lowest BCUT2D eigenvalue weighted by Crippen LogP contribution is -1.98. The summed E-state index contributed by atoms with van der Waals surface area (Å²) in [4.78, 5) is 25.9. The maximum Gasteiger partial charge on any atom is 0.346 e. The molecule has 0 atom stereocenters. The summed E-state index contributed by atoms with van der Waals surface area (Å²) in [5.41, 5.74) is 2.37. The van der Waals surface area contributed by atoms with E-state index in [1.807, 2.05) is 59.1 Å². The molecule has 0 unspecified atom stereocenters. The lowest BCUT2D eigenvalue weighted by molar-refractivity contribution is -0.422. The normalized spacial score (nSPS) is 11.3. The van der Waals surface area contributed by atoms with Crippen molar-refractivity contribution < 1.29 is 9.85 Å². The molecule has 8 heteroatoms. The maximum absolute atomic E-state index is 11.4. The van der Waals surface area contributed by atoms with E-state index in [2.05, 4.69) is 0 Å². The van der Waals surface area contributed by atoms with Gasteiger partial charge in [-0.05, 0) is 30.3 Å². The van der Waals surface area contributed by atoms with Crippen LogP contribution in [0.5, 0.6) is 0 Å². The fourth-order valence-corrected chi connectivity index (χ4v) is 3.72. The molecule has 140 valence electrons. The summed E-state index contributed by atoms with van der Waals surface area (Å²) in [5.74, 6) is 0. The van der Waals surface area contributed by atoms with Crippen molar-refractivity contribution in [1.29, 1.82) is 0 Å². The highest BCUT2D eigenvalue weighted by molar-refractivity contribution is 6.12. The monoisotopic (exact) mass is 384 g/mol. The van der Waals surface area contributed by atoms with Crippen LogP contribution in [0.2, 0.25) is 0 Å². The second-order valence-electron chi connectivity index (χ2n) is 6.60. The van der Waals surface area contributed by atoms with E-state index in [-0.39, 0.29) is 0 Å². The zero-order chi connectivity index (χ0) is 20.1. The number of hydrogen-bond acceptors (Lipinski definition) is 5. The Bertz CT molecular complexity index is 1470. The Morgan fingerprint density at radius 3 is 2.34 bits per heavy atom. The SMILES string of the molecule is O=[N+]([O-])c1ccc(-c2nc3ccccc3c3cc4ccccn4c23)cc1[N+](=O)[O-]. The Labute approximate surface area is 162 Å². The molecule has 5 rings (SSSR count). The van der Waals surface area contributed by atoms with Crippen LogP contribution >= 0.6 is 0 Å². The quantitative estimate of drug-likeness (QED) is 0.317. The molecule has 0 aliphatic carbocycles. The van der Waals surface area contributed by atoms with Gasteiger partial charge in [0.05, 0.1) is 26.6 Å². The molecule has 8 nitrogen and oxygen atoms in total. The van der Waals surface area contributed by atoms with Gasteiger partial charge in [-0.15, -0.1) is 0 Å². The van der Waals surface area contributed by atoms with Crippen LogP contribution in [0, 0.1) is 20.2 Å². The topological polar surface area (TPSA) is 104 Å². The van der Waals surface area contributed by atoms with Gasteiger partial charge in [-0.25, -0.2) is 4.98 Å². The fraction of sp³-hybridized carbons (Fsp3) is 0. The average Bonchev–Trinajstić information content (AvgIpc) is 3.12. The number of benzene rings is 2. The van der Waals surface area contributed by atoms with Gasteiger partial charge in [0.25, 0.3) is 0 Å². The minimum atomic E-state index is -0.752. The molecule has 2 aromatic carbocycles. The molecule has 0 aliphatic heterocycles. The Kier molecular flexibility index (Phi) is 3.53. The predicted octanol–water partition coefficient (Wildman–Crippen LogP) is 5.12. The van der Waals surface area contributed by atoms with E-state index in [4.69, 9.17) is 4.98 Å².